The summed E-state index contributed by atoms with van der Waals surface area (Å²) in [5.74, 6) is -0.123. The Bertz CT molecular complexity index is 1100. The first kappa shape index (κ1) is 22.4. The van der Waals surface area contributed by atoms with Crippen molar-refractivity contribution in [3.63, 3.8) is 0 Å². The highest BCUT2D eigenvalue weighted by Gasteiger charge is 2.18. The van der Waals surface area contributed by atoms with Gasteiger partial charge >= 0.3 is 5.97 Å². The van der Waals surface area contributed by atoms with Crippen LogP contribution in [0.5, 0.6) is 5.75 Å². The number of phenolic OH excluding ortho intramolecular Hbond substituents is 1. The molecule has 2 N–H and O–H groups in total. The second-order valence-corrected chi connectivity index (χ2v) is 7.97. The van der Waals surface area contributed by atoms with Crippen LogP contribution < -0.4 is 5.32 Å². The number of ether oxygens (including phenoxy) is 1. The number of phenols is 1. The zero-order valence-corrected chi connectivity index (χ0v) is 18.6. The molecule has 0 fully saturated rings. The van der Waals surface area contributed by atoms with Gasteiger partial charge in [0.2, 0.25) is 5.91 Å². The van der Waals surface area contributed by atoms with Crippen LogP contribution in [0.25, 0.3) is 10.9 Å². The number of hydrogen-bond donors (Lipinski definition) is 2. The zero-order valence-electron chi connectivity index (χ0n) is 18.6. The van der Waals surface area contributed by atoms with Gasteiger partial charge in [0.25, 0.3) is 0 Å². The molecule has 1 heterocycles. The quantitative estimate of drug-likeness (QED) is 0.537. The maximum Gasteiger partial charge on any atom is 0.325 e. The minimum absolute atomic E-state index is 0.129. The van der Waals surface area contributed by atoms with Crippen LogP contribution in [-0.2, 0) is 27.3 Å². The van der Waals surface area contributed by atoms with Gasteiger partial charge in [-0.2, -0.15) is 0 Å². The number of esters is 1. The second kappa shape index (κ2) is 9.69. The van der Waals surface area contributed by atoms with E-state index in [2.05, 4.69) is 23.7 Å². The molecule has 164 valence electrons. The van der Waals surface area contributed by atoms with E-state index in [4.69, 9.17) is 4.74 Å². The van der Waals surface area contributed by atoms with Gasteiger partial charge in [-0.05, 0) is 48.6 Å². The number of para-hydroxylation sites is 1. The van der Waals surface area contributed by atoms with Crippen molar-refractivity contribution in [1.29, 1.82) is 0 Å². The van der Waals surface area contributed by atoms with E-state index in [0.29, 0.717) is 12.3 Å². The summed E-state index contributed by atoms with van der Waals surface area (Å²) in [6, 6.07) is 13.7. The van der Waals surface area contributed by atoms with Gasteiger partial charge in [0.1, 0.15) is 12.3 Å². The van der Waals surface area contributed by atoms with E-state index in [1.165, 1.54) is 0 Å². The van der Waals surface area contributed by atoms with Crippen LogP contribution in [0.3, 0.4) is 0 Å². The smallest absolute Gasteiger partial charge is 0.325 e. The maximum atomic E-state index is 12.5. The van der Waals surface area contributed by atoms with Gasteiger partial charge in [-0.15, -0.1) is 0 Å². The Morgan fingerprint density at radius 1 is 1.16 bits per heavy atom. The molecule has 1 aromatic heterocycles. The molecule has 0 saturated carbocycles. The molecule has 2 aromatic carbocycles. The lowest BCUT2D eigenvalue weighted by Crippen LogP contribution is -2.31. The van der Waals surface area contributed by atoms with Crippen LogP contribution in [0, 0.1) is 6.92 Å². The normalized spacial score (nSPS) is 11.1. The standard InChI is InChI=1S/C25H30N2O4/c1-5-31-25(30)14-26-24(29)13-21-17(4)27(22-9-7-6-8-19(21)22)15-18-10-11-23(28)20(12-18)16(2)3/h6-12,16,28H,5,13-15H2,1-4H3,(H,26,29). The van der Waals surface area contributed by atoms with Crippen LogP contribution >= 0.6 is 0 Å². The fourth-order valence-corrected chi connectivity index (χ4v) is 3.88. The third-order valence-corrected chi connectivity index (χ3v) is 5.49. The highest BCUT2D eigenvalue weighted by atomic mass is 16.5. The zero-order chi connectivity index (χ0) is 22.5. The van der Waals surface area contributed by atoms with Crippen molar-refractivity contribution < 1.29 is 19.4 Å². The van der Waals surface area contributed by atoms with Crippen molar-refractivity contribution in [3.05, 3.63) is 64.8 Å². The van der Waals surface area contributed by atoms with Crippen molar-refractivity contribution >= 4 is 22.8 Å². The molecule has 0 aliphatic carbocycles. The first-order valence-corrected chi connectivity index (χ1v) is 10.6. The summed E-state index contributed by atoms with van der Waals surface area (Å²) >= 11 is 0. The lowest BCUT2D eigenvalue weighted by Gasteiger charge is -2.13. The van der Waals surface area contributed by atoms with Crippen molar-refractivity contribution in [2.24, 2.45) is 0 Å². The predicted octanol–water partition coefficient (Wildman–Crippen LogP) is 4.05. The minimum Gasteiger partial charge on any atom is -0.508 e. The Hall–Kier alpha value is -3.28. The van der Waals surface area contributed by atoms with Gasteiger partial charge in [0, 0.05) is 23.1 Å². The van der Waals surface area contributed by atoms with Crippen LogP contribution in [0.4, 0.5) is 0 Å². The van der Waals surface area contributed by atoms with Gasteiger partial charge in [0.15, 0.2) is 0 Å². The summed E-state index contributed by atoms with van der Waals surface area (Å²) in [4.78, 5) is 24.0. The fraction of sp³-hybridized carbons (Fsp3) is 0.360. The first-order chi connectivity index (χ1) is 14.8. The molecular weight excluding hydrogens is 392 g/mol. The Balaban J connectivity index is 1.89. The summed E-state index contributed by atoms with van der Waals surface area (Å²) in [5.41, 5.74) is 5.01. The molecule has 3 rings (SSSR count). The number of carbonyl (C=O) groups excluding carboxylic acids is 2. The molecule has 0 radical (unpaired) electrons. The number of amides is 1. The molecular formula is C25H30N2O4. The van der Waals surface area contributed by atoms with Crippen LogP contribution in [0.15, 0.2) is 42.5 Å². The molecule has 0 unspecified atom stereocenters. The van der Waals surface area contributed by atoms with E-state index in [0.717, 1.165) is 33.3 Å². The van der Waals surface area contributed by atoms with E-state index in [-0.39, 0.29) is 31.4 Å². The Morgan fingerprint density at radius 2 is 1.90 bits per heavy atom. The number of rotatable bonds is 8. The maximum absolute atomic E-state index is 12.5. The lowest BCUT2D eigenvalue weighted by molar-refractivity contribution is -0.143. The molecule has 0 spiro atoms. The summed E-state index contributed by atoms with van der Waals surface area (Å²) in [7, 11) is 0. The third-order valence-electron chi connectivity index (χ3n) is 5.49. The largest absolute Gasteiger partial charge is 0.508 e. The lowest BCUT2D eigenvalue weighted by atomic mass is 9.99. The van der Waals surface area contributed by atoms with Crippen LogP contribution in [0.2, 0.25) is 0 Å². The van der Waals surface area contributed by atoms with Gasteiger partial charge in [-0.3, -0.25) is 9.59 Å². The minimum atomic E-state index is -0.441. The third kappa shape index (κ3) is 5.08. The van der Waals surface area contributed by atoms with E-state index in [9.17, 15) is 14.7 Å². The van der Waals surface area contributed by atoms with Crippen molar-refractivity contribution in [2.45, 2.75) is 46.6 Å². The van der Waals surface area contributed by atoms with Gasteiger partial charge in [-0.1, -0.05) is 44.2 Å². The topological polar surface area (TPSA) is 80.6 Å². The molecule has 0 saturated heterocycles. The highest BCUT2D eigenvalue weighted by molar-refractivity contribution is 5.91. The van der Waals surface area contributed by atoms with E-state index in [1.54, 1.807) is 13.0 Å². The summed E-state index contributed by atoms with van der Waals surface area (Å²) in [6.07, 6.45) is 0.186. The van der Waals surface area contributed by atoms with E-state index < -0.39 is 5.97 Å². The van der Waals surface area contributed by atoms with Crippen molar-refractivity contribution in [1.82, 2.24) is 9.88 Å². The molecule has 6 heteroatoms. The number of aromatic nitrogens is 1. The molecule has 0 aliphatic heterocycles. The molecule has 0 atom stereocenters. The van der Waals surface area contributed by atoms with Crippen LogP contribution in [-0.4, -0.2) is 34.7 Å². The predicted molar refractivity (Wildman–Crippen MR) is 121 cm³/mol. The average molecular weight is 423 g/mol. The monoisotopic (exact) mass is 422 g/mol. The number of benzene rings is 2. The average Bonchev–Trinajstić information content (AvgIpc) is 2.99. The van der Waals surface area contributed by atoms with Gasteiger partial charge < -0.3 is 19.7 Å². The number of hydrogen-bond acceptors (Lipinski definition) is 4. The first-order valence-electron chi connectivity index (χ1n) is 10.6. The molecule has 3 aromatic rings. The number of nitrogens with one attached hydrogen (secondary N) is 1. The number of aromatic hydroxyl groups is 1. The van der Waals surface area contributed by atoms with Crippen molar-refractivity contribution in [3.8, 4) is 5.75 Å². The Kier molecular flexibility index (Phi) is 7.00. The molecule has 0 aliphatic rings. The van der Waals surface area contributed by atoms with Crippen molar-refractivity contribution in [2.75, 3.05) is 13.2 Å². The number of nitrogens with zero attached hydrogens (tertiary/aromatic N) is 1. The molecule has 31 heavy (non-hydrogen) atoms. The van der Waals surface area contributed by atoms with Crippen LogP contribution in [0.1, 0.15) is 49.1 Å². The van der Waals surface area contributed by atoms with Gasteiger partial charge in [-0.25, -0.2) is 0 Å². The number of fused-ring (bicyclic) bond motifs is 1. The molecule has 0 bridgehead atoms. The molecule has 6 nitrogen and oxygen atoms in total. The van der Waals surface area contributed by atoms with E-state index in [1.807, 2.05) is 43.3 Å². The SMILES string of the molecule is CCOC(=O)CNC(=O)Cc1c(C)n(Cc2ccc(O)c(C(C)C)c2)c2ccccc12. The summed E-state index contributed by atoms with van der Waals surface area (Å²) in [5, 5.41) is 13.8. The Labute approximate surface area is 182 Å². The summed E-state index contributed by atoms with van der Waals surface area (Å²) < 4.78 is 7.06. The second-order valence-electron chi connectivity index (χ2n) is 7.97. The fourth-order valence-electron chi connectivity index (χ4n) is 3.88. The molecule has 1 amide bonds. The van der Waals surface area contributed by atoms with E-state index >= 15 is 0 Å². The summed E-state index contributed by atoms with van der Waals surface area (Å²) in [6.45, 7) is 8.65. The highest BCUT2D eigenvalue weighted by Crippen LogP contribution is 2.30. The van der Waals surface area contributed by atoms with Gasteiger partial charge in [0.05, 0.1) is 13.0 Å². The Morgan fingerprint density at radius 3 is 2.61 bits per heavy atom. The number of carbonyl (C=O) groups is 2.